The maximum atomic E-state index is 7.43. The van der Waals surface area contributed by atoms with Crippen molar-refractivity contribution in [1.82, 2.24) is 0 Å². The zero-order chi connectivity index (χ0) is 41.4. The molecule has 296 valence electrons. The second-order valence-corrected chi connectivity index (χ2v) is 21.0. The third-order valence-corrected chi connectivity index (χ3v) is 13.9. The second-order valence-electron chi connectivity index (χ2n) is 21.0. The molecule has 59 heavy (non-hydrogen) atoms. The lowest BCUT2D eigenvalue weighted by Crippen LogP contribution is -2.61. The van der Waals surface area contributed by atoms with Crippen LogP contribution in [0.15, 0.2) is 126 Å². The maximum absolute atomic E-state index is 7.43. The first-order valence-corrected chi connectivity index (χ1v) is 21.7. The van der Waals surface area contributed by atoms with Gasteiger partial charge in [0.25, 0.3) is 6.71 Å². The highest BCUT2D eigenvalue weighted by Gasteiger charge is 2.48. The van der Waals surface area contributed by atoms with Gasteiger partial charge in [0.1, 0.15) is 5.58 Å². The predicted octanol–water partition coefficient (Wildman–Crippen LogP) is 13.4. The highest BCUT2D eigenvalue weighted by Crippen LogP contribution is 2.52. The van der Waals surface area contributed by atoms with Crippen LogP contribution < -0.4 is 26.4 Å². The smallest absolute Gasteiger partial charge is 0.297 e. The van der Waals surface area contributed by atoms with E-state index < -0.39 is 0 Å². The molecule has 0 bridgehead atoms. The molecule has 0 N–H and O–H groups in total. The maximum Gasteiger partial charge on any atom is 0.297 e. The zero-order valence-electron chi connectivity index (χ0n) is 36.8. The lowest BCUT2D eigenvalue weighted by Gasteiger charge is -2.43. The quantitative estimate of drug-likeness (QED) is 0.167. The zero-order valence-corrected chi connectivity index (χ0v) is 36.8. The molecule has 1 aromatic heterocycles. The minimum atomic E-state index is -0.101. The van der Waals surface area contributed by atoms with E-state index in [1.807, 2.05) is 0 Å². The first-order chi connectivity index (χ1) is 27.9. The number of nitrogens with zero attached hydrogens (tertiary/aromatic N) is 2. The van der Waals surface area contributed by atoms with Gasteiger partial charge >= 0.3 is 0 Å². The third-order valence-electron chi connectivity index (χ3n) is 13.9. The van der Waals surface area contributed by atoms with Gasteiger partial charge < -0.3 is 14.2 Å². The van der Waals surface area contributed by atoms with Crippen LogP contribution in [0.4, 0.5) is 34.1 Å². The Morgan fingerprint density at radius 1 is 0.559 bits per heavy atom. The molecule has 0 atom stereocenters. The highest BCUT2D eigenvalue weighted by molar-refractivity contribution is 7.00. The van der Waals surface area contributed by atoms with Gasteiger partial charge in [-0.05, 0) is 146 Å². The van der Waals surface area contributed by atoms with Gasteiger partial charge in [0, 0.05) is 33.8 Å². The van der Waals surface area contributed by atoms with Gasteiger partial charge in [0.05, 0.1) is 11.3 Å². The topological polar surface area (TPSA) is 19.6 Å². The van der Waals surface area contributed by atoms with Gasteiger partial charge in [-0.3, -0.25) is 0 Å². The number of fused-ring (bicyclic) bond motifs is 7. The summed E-state index contributed by atoms with van der Waals surface area (Å²) in [7, 11) is 0. The van der Waals surface area contributed by atoms with Crippen LogP contribution in [0.3, 0.4) is 0 Å². The van der Waals surface area contributed by atoms with Crippen LogP contribution in [0, 0.1) is 6.92 Å². The summed E-state index contributed by atoms with van der Waals surface area (Å²) in [5, 5.41) is 1.20. The number of anilines is 6. The largest absolute Gasteiger partial charge is 0.468 e. The van der Waals surface area contributed by atoms with Crippen molar-refractivity contribution < 1.29 is 4.42 Å². The molecule has 3 heterocycles. The van der Waals surface area contributed by atoms with Crippen molar-refractivity contribution in [3.8, 4) is 11.1 Å². The van der Waals surface area contributed by atoms with Crippen LogP contribution in [-0.2, 0) is 21.7 Å². The van der Waals surface area contributed by atoms with E-state index in [2.05, 4.69) is 207 Å². The van der Waals surface area contributed by atoms with E-state index in [9.17, 15) is 0 Å². The summed E-state index contributed by atoms with van der Waals surface area (Å²) in [6, 6.07) is 46.2. The predicted molar refractivity (Wildman–Crippen MR) is 253 cm³/mol. The molecule has 1 aliphatic carbocycles. The van der Waals surface area contributed by atoms with Gasteiger partial charge in [-0.2, -0.15) is 0 Å². The summed E-state index contributed by atoms with van der Waals surface area (Å²) in [6.07, 6.45) is 2.32. The van der Waals surface area contributed by atoms with E-state index in [0.717, 1.165) is 35.5 Å². The molecule has 0 radical (unpaired) electrons. The fourth-order valence-electron chi connectivity index (χ4n) is 10.3. The molecule has 0 saturated heterocycles. The molecule has 4 heteroatoms. The molecule has 0 saturated carbocycles. The normalized spacial score (nSPS) is 16.4. The molecule has 7 aromatic rings. The molecular formula is C55H57BN2O. The van der Waals surface area contributed by atoms with Crippen molar-refractivity contribution in [1.29, 1.82) is 0 Å². The van der Waals surface area contributed by atoms with Gasteiger partial charge in [0.2, 0.25) is 0 Å². The Kier molecular flexibility index (Phi) is 8.17. The van der Waals surface area contributed by atoms with E-state index in [4.69, 9.17) is 4.42 Å². The lowest BCUT2D eigenvalue weighted by molar-refractivity contribution is 0.332. The van der Waals surface area contributed by atoms with Crippen LogP contribution in [0.1, 0.15) is 110 Å². The SMILES string of the molecule is Cc1cc2c3c(c1)N(c1ccc(C(C)(C)C)cc1)c1c(oc4cc5c(cc14)C(C)(C)CCC5(C)C)B3c1ccc(-c3ccccc3)cc1N2c1ccc(C(C)(C)C)cc1. The lowest BCUT2D eigenvalue weighted by atomic mass is 9.35. The van der Waals surface area contributed by atoms with Crippen molar-refractivity contribution in [2.24, 2.45) is 0 Å². The molecule has 0 fully saturated rings. The van der Waals surface area contributed by atoms with Gasteiger partial charge in [-0.1, -0.05) is 136 Å². The first kappa shape index (κ1) is 37.8. The Bertz CT molecular complexity index is 2790. The van der Waals surface area contributed by atoms with Crippen LogP contribution in [0.5, 0.6) is 0 Å². The monoisotopic (exact) mass is 772 g/mol. The Morgan fingerprint density at radius 2 is 1.10 bits per heavy atom. The van der Waals surface area contributed by atoms with Crippen molar-refractivity contribution in [2.45, 2.75) is 111 Å². The number of hydrogen-bond acceptors (Lipinski definition) is 3. The average Bonchev–Trinajstić information content (AvgIpc) is 3.57. The molecule has 0 unspecified atom stereocenters. The number of aryl methyl sites for hydroxylation is 1. The number of benzene rings is 6. The molecule has 3 nitrogen and oxygen atoms in total. The summed E-state index contributed by atoms with van der Waals surface area (Å²) in [4.78, 5) is 5.06. The van der Waals surface area contributed by atoms with Crippen LogP contribution in [0.25, 0.3) is 22.1 Å². The van der Waals surface area contributed by atoms with Crippen LogP contribution in [-0.4, -0.2) is 6.71 Å². The summed E-state index contributed by atoms with van der Waals surface area (Å²) >= 11 is 0. The van der Waals surface area contributed by atoms with E-state index in [1.54, 1.807) is 0 Å². The van der Waals surface area contributed by atoms with Crippen molar-refractivity contribution in [3.63, 3.8) is 0 Å². The fraction of sp³-hybridized carbons (Fsp3) is 0.309. The summed E-state index contributed by atoms with van der Waals surface area (Å²) < 4.78 is 7.43. The Labute approximate surface area is 352 Å². The van der Waals surface area contributed by atoms with E-state index in [0.29, 0.717) is 0 Å². The summed E-state index contributed by atoms with van der Waals surface area (Å²) in [5.74, 6) is 0. The first-order valence-electron chi connectivity index (χ1n) is 21.7. The van der Waals surface area contributed by atoms with Crippen molar-refractivity contribution >= 4 is 68.4 Å². The van der Waals surface area contributed by atoms with Gasteiger partial charge in [0.15, 0.2) is 0 Å². The molecule has 2 aliphatic heterocycles. The summed E-state index contributed by atoms with van der Waals surface area (Å²) in [6.45, 7) is 25.6. The van der Waals surface area contributed by atoms with Crippen LogP contribution in [0.2, 0.25) is 0 Å². The average molecular weight is 773 g/mol. The minimum Gasteiger partial charge on any atom is -0.468 e. The highest BCUT2D eigenvalue weighted by atomic mass is 16.3. The molecule has 6 aromatic carbocycles. The number of furan rings is 1. The van der Waals surface area contributed by atoms with Crippen molar-refractivity contribution in [3.05, 3.63) is 149 Å². The molecule has 0 amide bonds. The van der Waals surface area contributed by atoms with Gasteiger partial charge in [-0.25, -0.2) is 0 Å². The standard InChI is InChI=1S/C55H57BN2O/c1-34-29-46-49-47(30-34)58(40-24-20-38(21-25-40)53(5,6)7)50-41-32-42-43(55(10,11)28-27-54(42,8)9)33-48(41)59-51(50)56(49)44-26-17-36(35-15-13-12-14-16-35)31-45(44)57(46)39-22-18-37(19-23-39)52(2,3)4/h12-26,29-33H,27-28H2,1-11H3. The van der Waals surface area contributed by atoms with E-state index in [-0.39, 0.29) is 28.4 Å². The van der Waals surface area contributed by atoms with Crippen LogP contribution >= 0.6 is 0 Å². The van der Waals surface area contributed by atoms with Crippen molar-refractivity contribution in [2.75, 3.05) is 9.80 Å². The van der Waals surface area contributed by atoms with E-state index >= 15 is 0 Å². The Balaban J connectivity index is 1.30. The molecule has 3 aliphatic rings. The molecule has 0 spiro atoms. The minimum absolute atomic E-state index is 0.0460. The third kappa shape index (κ3) is 5.92. The molecular weight excluding hydrogens is 715 g/mol. The van der Waals surface area contributed by atoms with Gasteiger partial charge in [-0.15, -0.1) is 0 Å². The number of hydrogen-bond donors (Lipinski definition) is 0. The Hall–Kier alpha value is -5.48. The van der Waals surface area contributed by atoms with E-state index in [1.165, 1.54) is 78.0 Å². The second kappa shape index (κ2) is 12.8. The fourth-order valence-corrected chi connectivity index (χ4v) is 10.3. The number of rotatable bonds is 3. The Morgan fingerprint density at radius 3 is 1.68 bits per heavy atom. The molecule has 10 rings (SSSR count). The summed E-state index contributed by atoms with van der Waals surface area (Å²) in [5.41, 5.74) is 21.0.